The lowest BCUT2D eigenvalue weighted by Gasteiger charge is -2.22. The van der Waals surface area contributed by atoms with Crippen LogP contribution in [0.3, 0.4) is 0 Å². The number of carbonyl (C=O) groups excluding carboxylic acids is 1. The number of hydrogen-bond acceptors (Lipinski definition) is 5. The standard InChI is InChI=1S/C21H29N5O/c1-3-26(4-2)19-12-10-18(11-13-19)24-20(27)16-14-22-21(23-15-16)25-17-8-6-5-7-9-17/h10-15,17H,3-9H2,1-2H3,(H,24,27)(H,22,23,25). The van der Waals surface area contributed by atoms with Gasteiger partial charge >= 0.3 is 0 Å². The Kier molecular flexibility index (Phi) is 6.63. The van der Waals surface area contributed by atoms with Gasteiger partial charge in [-0.2, -0.15) is 0 Å². The second-order valence-corrected chi connectivity index (χ2v) is 6.95. The van der Waals surface area contributed by atoms with Gasteiger partial charge in [-0.05, 0) is 51.0 Å². The van der Waals surface area contributed by atoms with E-state index in [4.69, 9.17) is 0 Å². The molecular weight excluding hydrogens is 338 g/mol. The van der Waals surface area contributed by atoms with Crippen LogP contribution in [-0.2, 0) is 0 Å². The van der Waals surface area contributed by atoms with Crippen molar-refractivity contribution in [2.24, 2.45) is 0 Å². The predicted octanol–water partition coefficient (Wildman–Crippen LogP) is 4.32. The summed E-state index contributed by atoms with van der Waals surface area (Å²) in [7, 11) is 0. The molecule has 1 amide bonds. The summed E-state index contributed by atoms with van der Waals surface area (Å²) in [6.45, 7) is 6.18. The molecule has 1 aliphatic carbocycles. The van der Waals surface area contributed by atoms with E-state index < -0.39 is 0 Å². The average Bonchev–Trinajstić information content (AvgIpc) is 2.71. The molecule has 2 aromatic rings. The van der Waals surface area contributed by atoms with Crippen LogP contribution in [0.2, 0.25) is 0 Å². The summed E-state index contributed by atoms with van der Waals surface area (Å²) < 4.78 is 0. The van der Waals surface area contributed by atoms with Gasteiger partial charge in [0.05, 0.1) is 5.56 Å². The molecule has 1 aromatic heterocycles. The highest BCUT2D eigenvalue weighted by Crippen LogP contribution is 2.20. The highest BCUT2D eigenvalue weighted by molar-refractivity contribution is 6.03. The van der Waals surface area contributed by atoms with E-state index in [0.29, 0.717) is 17.6 Å². The van der Waals surface area contributed by atoms with Crippen LogP contribution in [0, 0.1) is 0 Å². The number of carbonyl (C=O) groups is 1. The van der Waals surface area contributed by atoms with E-state index in [1.54, 1.807) is 12.4 Å². The second kappa shape index (κ2) is 9.35. The van der Waals surface area contributed by atoms with Crippen molar-refractivity contribution < 1.29 is 4.79 Å². The Labute approximate surface area is 161 Å². The monoisotopic (exact) mass is 367 g/mol. The van der Waals surface area contributed by atoms with E-state index in [2.05, 4.69) is 39.3 Å². The highest BCUT2D eigenvalue weighted by Gasteiger charge is 2.14. The Morgan fingerprint density at radius 3 is 2.26 bits per heavy atom. The number of amides is 1. The predicted molar refractivity (Wildman–Crippen MR) is 110 cm³/mol. The minimum absolute atomic E-state index is 0.199. The average molecular weight is 367 g/mol. The number of rotatable bonds is 7. The summed E-state index contributed by atoms with van der Waals surface area (Å²) >= 11 is 0. The van der Waals surface area contributed by atoms with Crippen molar-refractivity contribution in [2.75, 3.05) is 28.6 Å². The lowest BCUT2D eigenvalue weighted by atomic mass is 9.96. The van der Waals surface area contributed by atoms with Crippen LogP contribution in [-0.4, -0.2) is 35.0 Å². The molecule has 0 atom stereocenters. The lowest BCUT2D eigenvalue weighted by Crippen LogP contribution is -2.23. The maximum absolute atomic E-state index is 12.4. The number of hydrogen-bond donors (Lipinski definition) is 2. The fraction of sp³-hybridized carbons (Fsp3) is 0.476. The summed E-state index contributed by atoms with van der Waals surface area (Å²) in [4.78, 5) is 23.3. The highest BCUT2D eigenvalue weighted by atomic mass is 16.1. The first-order valence-electron chi connectivity index (χ1n) is 9.94. The summed E-state index contributed by atoms with van der Waals surface area (Å²) in [6, 6.07) is 8.34. The van der Waals surface area contributed by atoms with Crippen LogP contribution < -0.4 is 15.5 Å². The third-order valence-corrected chi connectivity index (χ3v) is 5.11. The van der Waals surface area contributed by atoms with E-state index in [1.165, 1.54) is 19.3 Å². The molecule has 1 saturated carbocycles. The van der Waals surface area contributed by atoms with Gasteiger partial charge in [0, 0.05) is 42.9 Å². The van der Waals surface area contributed by atoms with Crippen LogP contribution in [0.4, 0.5) is 17.3 Å². The molecule has 0 unspecified atom stereocenters. The third-order valence-electron chi connectivity index (χ3n) is 5.11. The normalized spacial score (nSPS) is 14.6. The van der Waals surface area contributed by atoms with Gasteiger partial charge < -0.3 is 15.5 Å². The largest absolute Gasteiger partial charge is 0.372 e. The second-order valence-electron chi connectivity index (χ2n) is 6.95. The van der Waals surface area contributed by atoms with Crippen LogP contribution in [0.1, 0.15) is 56.3 Å². The van der Waals surface area contributed by atoms with Crippen molar-refractivity contribution in [3.63, 3.8) is 0 Å². The quantitative estimate of drug-likeness (QED) is 0.763. The zero-order valence-electron chi connectivity index (χ0n) is 16.2. The van der Waals surface area contributed by atoms with Gasteiger partial charge in [-0.3, -0.25) is 4.79 Å². The van der Waals surface area contributed by atoms with Gasteiger partial charge in [0.25, 0.3) is 5.91 Å². The van der Waals surface area contributed by atoms with Gasteiger partial charge in [0.2, 0.25) is 5.95 Å². The molecule has 1 aromatic carbocycles. The molecule has 0 saturated heterocycles. The number of benzene rings is 1. The van der Waals surface area contributed by atoms with E-state index in [-0.39, 0.29) is 5.91 Å². The van der Waals surface area contributed by atoms with Crippen molar-refractivity contribution in [2.45, 2.75) is 52.0 Å². The van der Waals surface area contributed by atoms with Crippen molar-refractivity contribution in [3.05, 3.63) is 42.2 Å². The Morgan fingerprint density at radius 2 is 1.67 bits per heavy atom. The first-order valence-corrected chi connectivity index (χ1v) is 9.94. The maximum Gasteiger partial charge on any atom is 0.258 e. The molecule has 1 fully saturated rings. The lowest BCUT2D eigenvalue weighted by molar-refractivity contribution is 0.102. The minimum Gasteiger partial charge on any atom is -0.372 e. The van der Waals surface area contributed by atoms with Gasteiger partial charge in [-0.25, -0.2) is 9.97 Å². The van der Waals surface area contributed by atoms with Crippen molar-refractivity contribution >= 4 is 23.2 Å². The van der Waals surface area contributed by atoms with Gasteiger partial charge in [0.15, 0.2) is 0 Å². The molecule has 144 valence electrons. The van der Waals surface area contributed by atoms with Gasteiger partial charge in [0.1, 0.15) is 0 Å². The Hall–Kier alpha value is -2.63. The minimum atomic E-state index is -0.199. The summed E-state index contributed by atoms with van der Waals surface area (Å²) in [5.74, 6) is 0.400. The SMILES string of the molecule is CCN(CC)c1ccc(NC(=O)c2cnc(NC3CCCCC3)nc2)cc1. The molecule has 0 radical (unpaired) electrons. The smallest absolute Gasteiger partial charge is 0.258 e. The number of nitrogens with zero attached hydrogens (tertiary/aromatic N) is 3. The molecule has 27 heavy (non-hydrogen) atoms. The third kappa shape index (κ3) is 5.18. The molecule has 6 heteroatoms. The summed E-state index contributed by atoms with van der Waals surface area (Å²) in [6.07, 6.45) is 9.31. The van der Waals surface area contributed by atoms with Gasteiger partial charge in [-0.15, -0.1) is 0 Å². The Morgan fingerprint density at radius 1 is 1.04 bits per heavy atom. The maximum atomic E-state index is 12.4. The topological polar surface area (TPSA) is 70.2 Å². The number of nitrogens with one attached hydrogen (secondary N) is 2. The number of anilines is 3. The Balaban J connectivity index is 1.57. The molecule has 1 aliphatic rings. The van der Waals surface area contributed by atoms with E-state index in [1.807, 2.05) is 24.3 Å². The van der Waals surface area contributed by atoms with Crippen LogP contribution >= 0.6 is 0 Å². The van der Waals surface area contributed by atoms with E-state index in [0.717, 1.165) is 37.3 Å². The van der Waals surface area contributed by atoms with Crippen LogP contribution in [0.25, 0.3) is 0 Å². The Bertz CT molecular complexity index is 719. The summed E-state index contributed by atoms with van der Waals surface area (Å²) in [5, 5.41) is 6.27. The molecular formula is C21H29N5O. The molecule has 0 bridgehead atoms. The van der Waals surface area contributed by atoms with Crippen molar-refractivity contribution in [1.82, 2.24) is 9.97 Å². The van der Waals surface area contributed by atoms with Crippen molar-refractivity contribution in [1.29, 1.82) is 0 Å². The van der Waals surface area contributed by atoms with Crippen LogP contribution in [0.15, 0.2) is 36.7 Å². The fourth-order valence-corrected chi connectivity index (χ4v) is 3.50. The molecule has 2 N–H and O–H groups in total. The molecule has 0 spiro atoms. The van der Waals surface area contributed by atoms with E-state index in [9.17, 15) is 4.79 Å². The molecule has 3 rings (SSSR count). The van der Waals surface area contributed by atoms with Crippen LogP contribution in [0.5, 0.6) is 0 Å². The molecule has 6 nitrogen and oxygen atoms in total. The fourth-order valence-electron chi connectivity index (χ4n) is 3.50. The zero-order chi connectivity index (χ0) is 19.1. The first-order chi connectivity index (χ1) is 13.2. The van der Waals surface area contributed by atoms with E-state index >= 15 is 0 Å². The zero-order valence-corrected chi connectivity index (χ0v) is 16.2. The molecule has 1 heterocycles. The van der Waals surface area contributed by atoms with Crippen molar-refractivity contribution in [3.8, 4) is 0 Å². The summed E-state index contributed by atoms with van der Waals surface area (Å²) in [5.41, 5.74) is 2.37. The van der Waals surface area contributed by atoms with Gasteiger partial charge in [-0.1, -0.05) is 19.3 Å². The molecule has 0 aliphatic heterocycles. The first kappa shape index (κ1) is 19.1. The number of aromatic nitrogens is 2.